The van der Waals surface area contributed by atoms with Gasteiger partial charge in [0.1, 0.15) is 24.1 Å². The van der Waals surface area contributed by atoms with E-state index < -0.39 is 42.2 Å². The number of hydrogen-bond donors (Lipinski definition) is 4. The SMILES string of the molecule is Nc1ccn([C@@H]2O[C@H](C(=O)N[C@H](Cc3ccccc3)C(=O)N3CCN(CC(=O)N4CCCC4)CC3)[C@@H](O)[C@H]2O)c(=O)n1. The van der Waals surface area contributed by atoms with E-state index in [0.717, 1.165) is 36.1 Å². The zero-order valence-electron chi connectivity index (χ0n) is 23.2. The molecule has 3 amide bonds. The maximum Gasteiger partial charge on any atom is 0.351 e. The second kappa shape index (κ2) is 13.0. The summed E-state index contributed by atoms with van der Waals surface area (Å²) in [6.07, 6.45) is -2.69. The lowest BCUT2D eigenvalue weighted by molar-refractivity contribution is -0.144. The highest BCUT2D eigenvalue weighted by atomic mass is 16.6. The van der Waals surface area contributed by atoms with E-state index in [-0.39, 0.29) is 24.1 Å². The van der Waals surface area contributed by atoms with Gasteiger partial charge in [-0.15, -0.1) is 0 Å². The molecule has 5 N–H and O–H groups in total. The summed E-state index contributed by atoms with van der Waals surface area (Å²) in [7, 11) is 0. The number of aliphatic hydroxyl groups excluding tert-OH is 2. The Labute approximate surface area is 242 Å². The van der Waals surface area contributed by atoms with E-state index in [1.807, 2.05) is 40.1 Å². The first-order valence-electron chi connectivity index (χ1n) is 14.2. The van der Waals surface area contributed by atoms with Crippen LogP contribution in [0, 0.1) is 0 Å². The van der Waals surface area contributed by atoms with Crippen LogP contribution in [0.1, 0.15) is 24.6 Å². The number of aliphatic hydroxyl groups is 2. The maximum atomic E-state index is 13.7. The molecule has 5 rings (SSSR count). The highest BCUT2D eigenvalue weighted by molar-refractivity contribution is 5.90. The van der Waals surface area contributed by atoms with Gasteiger partial charge in [0.25, 0.3) is 5.91 Å². The summed E-state index contributed by atoms with van der Waals surface area (Å²) in [4.78, 5) is 61.1. The molecule has 0 bridgehead atoms. The number of ether oxygens (including phenoxy) is 1. The van der Waals surface area contributed by atoms with E-state index in [2.05, 4.69) is 10.3 Å². The van der Waals surface area contributed by atoms with Crippen LogP contribution in [0.2, 0.25) is 0 Å². The second-order valence-corrected chi connectivity index (χ2v) is 10.9. The second-order valence-electron chi connectivity index (χ2n) is 10.9. The number of nitrogens with one attached hydrogen (secondary N) is 1. The van der Waals surface area contributed by atoms with Crippen molar-refractivity contribution in [2.24, 2.45) is 0 Å². The van der Waals surface area contributed by atoms with Crippen LogP contribution in [0.3, 0.4) is 0 Å². The largest absolute Gasteiger partial charge is 0.387 e. The Balaban J connectivity index is 1.24. The number of aromatic nitrogens is 2. The third-order valence-electron chi connectivity index (χ3n) is 8.02. The fourth-order valence-corrected chi connectivity index (χ4v) is 5.63. The molecule has 3 saturated heterocycles. The number of amides is 3. The Morgan fingerprint density at radius 2 is 1.67 bits per heavy atom. The Morgan fingerprint density at radius 3 is 2.33 bits per heavy atom. The summed E-state index contributed by atoms with van der Waals surface area (Å²) in [5.41, 5.74) is 5.53. The molecular formula is C28H37N7O7. The maximum absolute atomic E-state index is 13.7. The van der Waals surface area contributed by atoms with Gasteiger partial charge in [-0.25, -0.2) is 4.79 Å². The average Bonchev–Trinajstić information content (AvgIpc) is 3.63. The molecule has 42 heavy (non-hydrogen) atoms. The van der Waals surface area contributed by atoms with Crippen molar-refractivity contribution >= 4 is 23.5 Å². The molecule has 0 spiro atoms. The molecule has 1 aromatic heterocycles. The third-order valence-corrected chi connectivity index (χ3v) is 8.02. The van der Waals surface area contributed by atoms with Crippen LogP contribution in [0.15, 0.2) is 47.4 Å². The number of nitrogens with zero attached hydrogens (tertiary/aromatic N) is 5. The summed E-state index contributed by atoms with van der Waals surface area (Å²) in [5.74, 6) is -1.03. The highest BCUT2D eigenvalue weighted by Crippen LogP contribution is 2.29. The van der Waals surface area contributed by atoms with E-state index in [1.165, 1.54) is 12.3 Å². The van der Waals surface area contributed by atoms with Gasteiger partial charge >= 0.3 is 5.69 Å². The minimum Gasteiger partial charge on any atom is -0.387 e. The van der Waals surface area contributed by atoms with Crippen LogP contribution in [-0.2, 0) is 25.5 Å². The summed E-state index contributed by atoms with van der Waals surface area (Å²) in [6, 6.07) is 9.54. The molecule has 2 aromatic rings. The summed E-state index contributed by atoms with van der Waals surface area (Å²) in [5, 5.41) is 23.9. The van der Waals surface area contributed by atoms with Gasteiger partial charge in [0.2, 0.25) is 11.8 Å². The Morgan fingerprint density at radius 1 is 0.976 bits per heavy atom. The number of nitrogen functional groups attached to an aromatic ring is 1. The van der Waals surface area contributed by atoms with Crippen LogP contribution in [-0.4, -0.2) is 122 Å². The Bertz CT molecular complexity index is 1330. The molecule has 3 fully saturated rings. The molecule has 5 atom stereocenters. The van der Waals surface area contributed by atoms with Gasteiger partial charge in [0.05, 0.1) is 6.54 Å². The van der Waals surface area contributed by atoms with Crippen LogP contribution in [0.4, 0.5) is 5.82 Å². The van der Waals surface area contributed by atoms with Crippen molar-refractivity contribution in [1.82, 2.24) is 29.6 Å². The van der Waals surface area contributed by atoms with E-state index in [4.69, 9.17) is 10.5 Å². The lowest BCUT2D eigenvalue weighted by atomic mass is 10.0. The highest BCUT2D eigenvalue weighted by Gasteiger charge is 2.48. The molecular weight excluding hydrogens is 546 g/mol. The minimum absolute atomic E-state index is 0.0279. The zero-order valence-corrected chi connectivity index (χ0v) is 23.2. The molecule has 3 aliphatic rings. The molecule has 0 saturated carbocycles. The van der Waals surface area contributed by atoms with E-state index in [9.17, 15) is 29.4 Å². The van der Waals surface area contributed by atoms with Crippen molar-refractivity contribution in [1.29, 1.82) is 0 Å². The van der Waals surface area contributed by atoms with Gasteiger partial charge in [-0.05, 0) is 24.5 Å². The lowest BCUT2D eigenvalue weighted by Gasteiger charge is -2.37. The normalized spacial score (nSPS) is 25.4. The number of anilines is 1. The number of benzene rings is 1. The number of piperazine rings is 1. The number of hydrogen-bond acceptors (Lipinski definition) is 10. The van der Waals surface area contributed by atoms with Crippen molar-refractivity contribution in [3.05, 3.63) is 58.6 Å². The van der Waals surface area contributed by atoms with Crippen molar-refractivity contribution in [2.75, 3.05) is 51.5 Å². The third kappa shape index (κ3) is 6.62. The number of rotatable bonds is 8. The van der Waals surface area contributed by atoms with E-state index >= 15 is 0 Å². The van der Waals surface area contributed by atoms with E-state index in [1.54, 1.807) is 4.90 Å². The predicted octanol–water partition coefficient (Wildman–Crippen LogP) is -2.06. The van der Waals surface area contributed by atoms with E-state index in [0.29, 0.717) is 32.7 Å². The van der Waals surface area contributed by atoms with Gasteiger partial charge in [-0.2, -0.15) is 4.98 Å². The summed E-state index contributed by atoms with van der Waals surface area (Å²) >= 11 is 0. The van der Waals surface area contributed by atoms with Crippen LogP contribution < -0.4 is 16.7 Å². The van der Waals surface area contributed by atoms with Gasteiger partial charge in [0.15, 0.2) is 12.3 Å². The first-order valence-corrected chi connectivity index (χ1v) is 14.2. The molecule has 0 radical (unpaired) electrons. The van der Waals surface area contributed by atoms with Crippen LogP contribution >= 0.6 is 0 Å². The minimum atomic E-state index is -1.66. The Hall–Kier alpha value is -3.85. The number of carbonyl (C=O) groups excluding carboxylic acids is 3. The standard InChI is InChI=1S/C28H37N7O7/c29-20-8-11-35(28(41)31-20)27-23(38)22(37)24(42-27)25(39)30-19(16-18-6-2-1-3-7-18)26(40)34-14-12-32(13-15-34)17-21(36)33-9-4-5-10-33/h1-3,6-8,11,19,22-24,27,37-38H,4-5,9-10,12-17H2,(H,30,39)(H2,29,31,41)/t19-,22+,23-,24+,27-/m1/s1. The summed E-state index contributed by atoms with van der Waals surface area (Å²) < 4.78 is 6.57. The molecule has 1 aromatic carbocycles. The van der Waals surface area contributed by atoms with Crippen LogP contribution in [0.25, 0.3) is 0 Å². The molecule has 0 aliphatic carbocycles. The topological polar surface area (TPSA) is 184 Å². The monoisotopic (exact) mass is 583 g/mol. The first kappa shape index (κ1) is 29.6. The molecule has 14 nitrogen and oxygen atoms in total. The van der Waals surface area contributed by atoms with Crippen molar-refractivity contribution in [2.45, 2.75) is 49.8 Å². The fraction of sp³-hybridized carbons (Fsp3) is 0.536. The Kier molecular flexibility index (Phi) is 9.16. The first-order chi connectivity index (χ1) is 20.2. The number of carbonyl (C=O) groups is 3. The van der Waals surface area contributed by atoms with Gasteiger partial charge in [0, 0.05) is 51.9 Å². The van der Waals surface area contributed by atoms with Crippen molar-refractivity contribution in [3.8, 4) is 0 Å². The number of likely N-dealkylation sites (tertiary alicyclic amines) is 1. The predicted molar refractivity (Wildman–Crippen MR) is 150 cm³/mol. The fourth-order valence-electron chi connectivity index (χ4n) is 5.63. The van der Waals surface area contributed by atoms with Gasteiger partial charge < -0.3 is 35.8 Å². The smallest absolute Gasteiger partial charge is 0.351 e. The molecule has 14 heteroatoms. The van der Waals surface area contributed by atoms with Gasteiger partial charge in [-0.1, -0.05) is 30.3 Å². The van der Waals surface area contributed by atoms with Crippen molar-refractivity contribution in [3.63, 3.8) is 0 Å². The zero-order chi connectivity index (χ0) is 29.8. The lowest BCUT2D eigenvalue weighted by Crippen LogP contribution is -2.58. The molecule has 4 heterocycles. The molecule has 226 valence electrons. The average molecular weight is 584 g/mol. The van der Waals surface area contributed by atoms with Gasteiger partial charge in [-0.3, -0.25) is 23.9 Å². The van der Waals surface area contributed by atoms with Crippen LogP contribution in [0.5, 0.6) is 0 Å². The quantitative estimate of drug-likeness (QED) is 0.270. The number of nitrogens with two attached hydrogens (primary N) is 1. The molecule has 3 aliphatic heterocycles. The van der Waals surface area contributed by atoms with Crippen molar-refractivity contribution < 1.29 is 29.3 Å². The summed E-state index contributed by atoms with van der Waals surface area (Å²) in [6.45, 7) is 3.75. The molecule has 0 unspecified atom stereocenters.